The van der Waals surface area contributed by atoms with Gasteiger partial charge in [-0.3, -0.25) is 0 Å². The van der Waals surface area contributed by atoms with E-state index in [1.807, 2.05) is 17.4 Å². The predicted octanol–water partition coefficient (Wildman–Crippen LogP) is 12.4. The Morgan fingerprint density at radius 3 is 2.07 bits per heavy atom. The Bertz CT molecular complexity index is 2740. The van der Waals surface area contributed by atoms with Crippen LogP contribution in [-0.2, 0) is 0 Å². The van der Waals surface area contributed by atoms with E-state index in [2.05, 4.69) is 150 Å². The smallest absolute Gasteiger partial charge is 0.143 e. The number of thiophene rings is 1. The molecule has 0 bridgehead atoms. The van der Waals surface area contributed by atoms with E-state index in [1.165, 1.54) is 53.1 Å². The number of rotatable bonds is 3. The normalized spacial score (nSPS) is 12.0. The zero-order valence-electron chi connectivity index (χ0n) is 24.2. The van der Waals surface area contributed by atoms with Crippen LogP contribution in [0.2, 0.25) is 0 Å². The van der Waals surface area contributed by atoms with Crippen molar-refractivity contribution in [2.45, 2.75) is 0 Å². The summed E-state index contributed by atoms with van der Waals surface area (Å²) in [7, 11) is 0. The fourth-order valence-corrected chi connectivity index (χ4v) is 8.40. The molecule has 2 nitrogen and oxygen atoms in total. The summed E-state index contributed by atoms with van der Waals surface area (Å²) in [6.07, 6.45) is 0. The average molecular weight is 592 g/mol. The third kappa shape index (κ3) is 3.62. The highest BCUT2D eigenvalue weighted by Gasteiger charge is 2.18. The molecule has 0 spiro atoms. The molecule has 0 fully saturated rings. The number of furan rings is 1. The van der Waals surface area contributed by atoms with Crippen LogP contribution in [0.5, 0.6) is 0 Å². The van der Waals surface area contributed by atoms with Gasteiger partial charge < -0.3 is 8.98 Å². The summed E-state index contributed by atoms with van der Waals surface area (Å²) in [5.41, 5.74) is 10.1. The molecule has 0 radical (unpaired) electrons. The molecule has 0 N–H and O–H groups in total. The first kappa shape index (κ1) is 24.8. The van der Waals surface area contributed by atoms with Gasteiger partial charge >= 0.3 is 0 Å². The van der Waals surface area contributed by atoms with E-state index in [4.69, 9.17) is 4.42 Å². The van der Waals surface area contributed by atoms with Crippen molar-refractivity contribution in [3.8, 4) is 27.9 Å². The van der Waals surface area contributed by atoms with Crippen LogP contribution >= 0.6 is 11.3 Å². The van der Waals surface area contributed by atoms with E-state index >= 15 is 0 Å². The first-order chi connectivity index (χ1) is 22.3. The van der Waals surface area contributed by atoms with E-state index in [-0.39, 0.29) is 0 Å². The van der Waals surface area contributed by atoms with Gasteiger partial charge in [0.25, 0.3) is 0 Å². The third-order valence-electron chi connectivity index (χ3n) is 9.20. The van der Waals surface area contributed by atoms with Crippen LogP contribution < -0.4 is 0 Å². The van der Waals surface area contributed by atoms with Gasteiger partial charge in [0.05, 0.1) is 11.0 Å². The summed E-state index contributed by atoms with van der Waals surface area (Å²) < 4.78 is 11.5. The van der Waals surface area contributed by atoms with Crippen LogP contribution in [0.1, 0.15) is 0 Å². The molecule has 10 rings (SSSR count). The minimum atomic E-state index is 0.913. The first-order valence-electron chi connectivity index (χ1n) is 15.3. The molecule has 45 heavy (non-hydrogen) atoms. The van der Waals surface area contributed by atoms with E-state index in [9.17, 15) is 0 Å². The molecule has 3 aromatic heterocycles. The number of nitrogens with zero attached hydrogens (tertiary/aromatic N) is 1. The fraction of sp³-hybridized carbons (Fsp3) is 0. The highest BCUT2D eigenvalue weighted by Crippen LogP contribution is 2.44. The second kappa shape index (κ2) is 9.43. The quantitative estimate of drug-likeness (QED) is 0.200. The fourth-order valence-electron chi connectivity index (χ4n) is 7.14. The van der Waals surface area contributed by atoms with Crippen LogP contribution in [0.25, 0.3) is 91.9 Å². The maximum atomic E-state index is 6.43. The number of benzene rings is 7. The first-order valence-corrected chi connectivity index (χ1v) is 16.1. The minimum Gasteiger partial charge on any atom is -0.455 e. The van der Waals surface area contributed by atoms with Gasteiger partial charge in [0.2, 0.25) is 0 Å². The Morgan fingerprint density at radius 2 is 1.20 bits per heavy atom. The maximum absolute atomic E-state index is 6.43. The van der Waals surface area contributed by atoms with Crippen molar-refractivity contribution in [2.75, 3.05) is 0 Å². The number of para-hydroxylation sites is 2. The minimum absolute atomic E-state index is 0.913. The molecule has 0 aliphatic rings. The second-order valence-corrected chi connectivity index (χ2v) is 12.8. The largest absolute Gasteiger partial charge is 0.455 e. The van der Waals surface area contributed by atoms with Crippen molar-refractivity contribution in [3.63, 3.8) is 0 Å². The summed E-state index contributed by atoms with van der Waals surface area (Å²) in [5.74, 6) is 0. The Balaban J connectivity index is 1.17. The summed E-state index contributed by atoms with van der Waals surface area (Å²) in [6, 6.07) is 54.6. The zero-order valence-corrected chi connectivity index (χ0v) is 25.0. The molecule has 3 heteroatoms. The Labute approximate surface area is 263 Å². The lowest BCUT2D eigenvalue weighted by Crippen LogP contribution is -1.93. The van der Waals surface area contributed by atoms with Gasteiger partial charge in [-0.1, -0.05) is 103 Å². The van der Waals surface area contributed by atoms with Crippen LogP contribution in [0.15, 0.2) is 156 Å². The van der Waals surface area contributed by atoms with Crippen molar-refractivity contribution in [2.24, 2.45) is 0 Å². The maximum Gasteiger partial charge on any atom is 0.143 e. The lowest BCUT2D eigenvalue weighted by atomic mass is 9.95. The number of hydrogen-bond donors (Lipinski definition) is 0. The standard InChI is InChI=1S/C42H25NOS/c1-2-10-27(11-3-1)34-24-28(25-35-30-12-5-8-16-38(30)44-41(34)35)26-18-20-29(21-19-26)43-36-15-7-4-14-33(36)40-37(43)23-22-32-31-13-6-9-17-39(31)45-42(32)40/h1-25H. The predicted molar refractivity (Wildman–Crippen MR) is 192 cm³/mol. The molecule has 3 heterocycles. The molecule has 210 valence electrons. The molecule has 7 aromatic carbocycles. The molecular formula is C42H25NOS. The monoisotopic (exact) mass is 591 g/mol. The third-order valence-corrected chi connectivity index (χ3v) is 10.4. The molecule has 0 saturated heterocycles. The van der Waals surface area contributed by atoms with Gasteiger partial charge in [0, 0.05) is 53.0 Å². The summed E-state index contributed by atoms with van der Waals surface area (Å²) >= 11 is 1.90. The van der Waals surface area contributed by atoms with Crippen molar-refractivity contribution in [1.82, 2.24) is 4.57 Å². The topological polar surface area (TPSA) is 18.1 Å². The molecule has 0 aliphatic heterocycles. The van der Waals surface area contributed by atoms with Crippen LogP contribution in [0.4, 0.5) is 0 Å². The number of hydrogen-bond acceptors (Lipinski definition) is 2. The lowest BCUT2D eigenvalue weighted by Gasteiger charge is -2.11. The van der Waals surface area contributed by atoms with Crippen molar-refractivity contribution in [3.05, 3.63) is 152 Å². The molecule has 0 unspecified atom stereocenters. The zero-order chi connectivity index (χ0) is 29.5. The Kier molecular flexibility index (Phi) is 5.19. The van der Waals surface area contributed by atoms with Gasteiger partial charge in [-0.25, -0.2) is 0 Å². The SMILES string of the molecule is c1ccc(-c2cc(-c3ccc(-n4c5ccccc5c5c6sc7ccccc7c6ccc54)cc3)cc3c2oc2ccccc23)cc1. The van der Waals surface area contributed by atoms with Crippen LogP contribution in [0, 0.1) is 0 Å². The van der Waals surface area contributed by atoms with Gasteiger partial charge in [-0.2, -0.15) is 0 Å². The molecule has 0 amide bonds. The van der Waals surface area contributed by atoms with Crippen LogP contribution in [0.3, 0.4) is 0 Å². The van der Waals surface area contributed by atoms with Gasteiger partial charge in [-0.15, -0.1) is 11.3 Å². The molecule has 0 atom stereocenters. The molecule has 10 aromatic rings. The summed E-state index contributed by atoms with van der Waals surface area (Å²) in [4.78, 5) is 0. The van der Waals surface area contributed by atoms with E-state index in [1.54, 1.807) is 0 Å². The van der Waals surface area contributed by atoms with Crippen molar-refractivity contribution < 1.29 is 4.42 Å². The average Bonchev–Trinajstić information content (AvgIpc) is 3.78. The summed E-state index contributed by atoms with van der Waals surface area (Å²) in [5, 5.41) is 7.56. The van der Waals surface area contributed by atoms with E-state index in [0.717, 1.165) is 38.8 Å². The summed E-state index contributed by atoms with van der Waals surface area (Å²) in [6.45, 7) is 0. The van der Waals surface area contributed by atoms with E-state index in [0.29, 0.717) is 0 Å². The van der Waals surface area contributed by atoms with E-state index < -0.39 is 0 Å². The van der Waals surface area contributed by atoms with Crippen molar-refractivity contribution >= 4 is 75.3 Å². The van der Waals surface area contributed by atoms with Crippen molar-refractivity contribution in [1.29, 1.82) is 0 Å². The van der Waals surface area contributed by atoms with Gasteiger partial charge in [-0.05, 0) is 65.2 Å². The Hall–Kier alpha value is -5.64. The number of fused-ring (bicyclic) bond motifs is 10. The number of aromatic nitrogens is 1. The molecule has 0 aliphatic carbocycles. The Morgan fingerprint density at radius 1 is 0.467 bits per heavy atom. The highest BCUT2D eigenvalue weighted by atomic mass is 32.1. The van der Waals surface area contributed by atoms with Gasteiger partial charge in [0.15, 0.2) is 0 Å². The highest BCUT2D eigenvalue weighted by molar-refractivity contribution is 7.26. The lowest BCUT2D eigenvalue weighted by molar-refractivity contribution is 0.670. The molecular weight excluding hydrogens is 567 g/mol. The van der Waals surface area contributed by atoms with Crippen LogP contribution in [-0.4, -0.2) is 4.57 Å². The van der Waals surface area contributed by atoms with Gasteiger partial charge in [0.1, 0.15) is 11.2 Å². The molecule has 0 saturated carbocycles. The second-order valence-electron chi connectivity index (χ2n) is 11.7.